The first-order chi connectivity index (χ1) is 13.8. The van der Waals surface area contributed by atoms with Crippen molar-refractivity contribution >= 4 is 17.5 Å². The molecule has 1 N–H and O–H groups in total. The van der Waals surface area contributed by atoms with Crippen LogP contribution in [0.2, 0.25) is 0 Å². The molecule has 144 valence electrons. The maximum atomic E-state index is 5.74. The van der Waals surface area contributed by atoms with Crippen molar-refractivity contribution in [1.82, 2.24) is 14.9 Å². The number of nitrogens with zero attached hydrogens (tertiary/aromatic N) is 3. The average molecular weight is 395 g/mol. The number of ether oxygens (including phenoxy) is 2. The Morgan fingerprint density at radius 2 is 1.68 bits per heavy atom. The van der Waals surface area contributed by atoms with Crippen molar-refractivity contribution in [1.29, 1.82) is 0 Å². The second-order valence-electron chi connectivity index (χ2n) is 6.36. The van der Waals surface area contributed by atoms with Gasteiger partial charge in [0.05, 0.1) is 19.4 Å². The van der Waals surface area contributed by atoms with Gasteiger partial charge in [-0.15, -0.1) is 10.2 Å². The number of unbranched alkanes of at least 4 members (excludes halogenated alkanes) is 1. The summed E-state index contributed by atoms with van der Waals surface area (Å²) in [5.74, 6) is 2.47. The van der Waals surface area contributed by atoms with E-state index in [-0.39, 0.29) is 0 Å². The third kappa shape index (κ3) is 3.84. The minimum absolute atomic E-state index is 0.740. The van der Waals surface area contributed by atoms with Crippen LogP contribution in [0.3, 0.4) is 0 Å². The number of thioether (sulfide) groups is 1. The van der Waals surface area contributed by atoms with Crippen LogP contribution in [0.1, 0.15) is 25.3 Å². The van der Waals surface area contributed by atoms with Gasteiger partial charge >= 0.3 is 0 Å². The second kappa shape index (κ2) is 8.39. The van der Waals surface area contributed by atoms with Crippen molar-refractivity contribution in [3.8, 4) is 22.9 Å². The number of hydrogen-bond acceptors (Lipinski definition) is 6. The summed E-state index contributed by atoms with van der Waals surface area (Å²) in [6.45, 7) is 2.89. The zero-order valence-corrected chi connectivity index (χ0v) is 16.7. The molecular weight excluding hydrogens is 372 g/mol. The van der Waals surface area contributed by atoms with E-state index in [0.717, 1.165) is 58.8 Å². The van der Waals surface area contributed by atoms with Gasteiger partial charge in [-0.2, -0.15) is 0 Å². The standard InChI is InChI=1S/C21H22N4O2S/c1-3-4-13-27-18-11-7-16(8-12-18)20-22-23-21-25(20)24-19(14-28-21)15-5-9-17(26-2)10-6-15/h5-12,14,24H,3-4,13H2,1-2H3. The van der Waals surface area contributed by atoms with Crippen molar-refractivity contribution in [2.24, 2.45) is 0 Å². The van der Waals surface area contributed by atoms with Crippen molar-refractivity contribution in [2.45, 2.75) is 24.9 Å². The molecular formula is C21H22N4O2S. The van der Waals surface area contributed by atoms with Crippen LogP contribution in [0.15, 0.2) is 59.1 Å². The van der Waals surface area contributed by atoms with E-state index in [1.165, 1.54) is 0 Å². The lowest BCUT2D eigenvalue weighted by molar-refractivity contribution is 0.309. The van der Waals surface area contributed by atoms with Gasteiger partial charge < -0.3 is 9.47 Å². The first kappa shape index (κ1) is 18.4. The average Bonchev–Trinajstić information content (AvgIpc) is 3.18. The van der Waals surface area contributed by atoms with Crippen LogP contribution in [0.5, 0.6) is 11.5 Å². The first-order valence-corrected chi connectivity index (χ1v) is 10.1. The normalized spacial score (nSPS) is 12.7. The van der Waals surface area contributed by atoms with Crippen LogP contribution in [0.4, 0.5) is 0 Å². The highest BCUT2D eigenvalue weighted by Gasteiger charge is 2.19. The van der Waals surface area contributed by atoms with E-state index in [9.17, 15) is 0 Å². The predicted molar refractivity (Wildman–Crippen MR) is 112 cm³/mol. The fourth-order valence-corrected chi connectivity index (χ4v) is 3.57. The molecule has 0 fully saturated rings. The summed E-state index contributed by atoms with van der Waals surface area (Å²) in [5, 5.41) is 11.5. The van der Waals surface area contributed by atoms with Crippen LogP contribution >= 0.6 is 11.8 Å². The van der Waals surface area contributed by atoms with Gasteiger partial charge in [0.1, 0.15) is 11.5 Å². The van der Waals surface area contributed by atoms with Crippen molar-refractivity contribution < 1.29 is 9.47 Å². The molecule has 1 aromatic heterocycles. The van der Waals surface area contributed by atoms with Gasteiger partial charge in [0.2, 0.25) is 5.16 Å². The van der Waals surface area contributed by atoms with Gasteiger partial charge in [0.25, 0.3) is 0 Å². The summed E-state index contributed by atoms with van der Waals surface area (Å²) in [5.41, 5.74) is 6.45. The Morgan fingerprint density at radius 3 is 2.39 bits per heavy atom. The van der Waals surface area contributed by atoms with Gasteiger partial charge in [-0.3, -0.25) is 5.43 Å². The van der Waals surface area contributed by atoms with E-state index in [4.69, 9.17) is 9.47 Å². The Hall–Kier alpha value is -2.93. The number of fused-ring (bicyclic) bond motifs is 1. The van der Waals surface area contributed by atoms with Crippen LogP contribution in [-0.4, -0.2) is 28.6 Å². The minimum atomic E-state index is 0.740. The molecule has 0 bridgehead atoms. The predicted octanol–water partition coefficient (Wildman–Crippen LogP) is 4.78. The van der Waals surface area contributed by atoms with Crippen LogP contribution < -0.4 is 14.9 Å². The van der Waals surface area contributed by atoms with Crippen molar-refractivity contribution in [3.63, 3.8) is 0 Å². The largest absolute Gasteiger partial charge is 0.497 e. The third-order valence-corrected chi connectivity index (χ3v) is 5.26. The molecule has 1 aliphatic rings. The molecule has 0 saturated carbocycles. The molecule has 2 aromatic carbocycles. The van der Waals surface area contributed by atoms with Gasteiger partial charge in [-0.05, 0) is 55.0 Å². The summed E-state index contributed by atoms with van der Waals surface area (Å²) in [4.78, 5) is 0. The molecule has 0 saturated heterocycles. The Morgan fingerprint density at radius 1 is 0.964 bits per heavy atom. The van der Waals surface area contributed by atoms with Gasteiger partial charge in [0, 0.05) is 16.5 Å². The number of rotatable bonds is 7. The molecule has 1 aliphatic heterocycles. The maximum absolute atomic E-state index is 5.74. The Labute approximate surface area is 168 Å². The summed E-state index contributed by atoms with van der Waals surface area (Å²) in [6.07, 6.45) is 2.18. The molecule has 2 heterocycles. The molecule has 28 heavy (non-hydrogen) atoms. The lowest BCUT2D eigenvalue weighted by Gasteiger charge is -2.19. The number of nitrogens with one attached hydrogen (secondary N) is 1. The maximum Gasteiger partial charge on any atom is 0.214 e. The summed E-state index contributed by atoms with van der Waals surface area (Å²) in [7, 11) is 1.67. The lowest BCUT2D eigenvalue weighted by atomic mass is 10.2. The second-order valence-corrected chi connectivity index (χ2v) is 7.19. The number of benzene rings is 2. The Balaban J connectivity index is 1.53. The first-order valence-electron chi connectivity index (χ1n) is 9.25. The Bertz CT molecular complexity index is 965. The van der Waals surface area contributed by atoms with Crippen LogP contribution in [0, 0.1) is 0 Å². The Kier molecular flexibility index (Phi) is 5.53. The monoisotopic (exact) mass is 394 g/mol. The summed E-state index contributed by atoms with van der Waals surface area (Å²) >= 11 is 1.54. The molecule has 0 atom stereocenters. The molecule has 4 rings (SSSR count). The molecule has 6 nitrogen and oxygen atoms in total. The van der Waals surface area contributed by atoms with E-state index < -0.39 is 0 Å². The zero-order valence-electron chi connectivity index (χ0n) is 15.9. The number of hydrogen-bond donors (Lipinski definition) is 1. The molecule has 7 heteroatoms. The molecule has 0 amide bonds. The van der Waals surface area contributed by atoms with E-state index in [1.807, 2.05) is 58.6 Å². The van der Waals surface area contributed by atoms with Gasteiger partial charge in [-0.25, -0.2) is 4.68 Å². The minimum Gasteiger partial charge on any atom is -0.497 e. The molecule has 3 aromatic rings. The van der Waals surface area contributed by atoms with Crippen molar-refractivity contribution in [3.05, 3.63) is 59.5 Å². The van der Waals surface area contributed by atoms with Crippen molar-refractivity contribution in [2.75, 3.05) is 19.1 Å². The topological polar surface area (TPSA) is 61.2 Å². The fraction of sp³-hybridized carbons (Fsp3) is 0.238. The highest BCUT2D eigenvalue weighted by Crippen LogP contribution is 2.32. The number of methoxy groups -OCH3 is 1. The van der Waals surface area contributed by atoms with E-state index in [1.54, 1.807) is 18.9 Å². The molecule has 0 aliphatic carbocycles. The highest BCUT2D eigenvalue weighted by molar-refractivity contribution is 8.02. The van der Waals surface area contributed by atoms with Crippen LogP contribution in [-0.2, 0) is 0 Å². The quantitative estimate of drug-likeness (QED) is 0.582. The van der Waals surface area contributed by atoms with E-state index >= 15 is 0 Å². The van der Waals surface area contributed by atoms with Crippen LogP contribution in [0.25, 0.3) is 17.1 Å². The lowest BCUT2D eigenvalue weighted by Crippen LogP contribution is -2.18. The van der Waals surface area contributed by atoms with Gasteiger partial charge in [0.15, 0.2) is 5.82 Å². The number of aromatic nitrogens is 3. The fourth-order valence-electron chi connectivity index (χ4n) is 2.83. The molecule has 0 unspecified atom stereocenters. The smallest absolute Gasteiger partial charge is 0.214 e. The molecule has 0 radical (unpaired) electrons. The summed E-state index contributed by atoms with van der Waals surface area (Å²) in [6, 6.07) is 15.9. The van der Waals surface area contributed by atoms with E-state index in [0.29, 0.717) is 0 Å². The highest BCUT2D eigenvalue weighted by atomic mass is 32.2. The van der Waals surface area contributed by atoms with E-state index in [2.05, 4.69) is 22.5 Å². The zero-order chi connectivity index (χ0) is 19.3. The summed E-state index contributed by atoms with van der Waals surface area (Å²) < 4.78 is 12.9. The molecule has 0 spiro atoms. The third-order valence-electron chi connectivity index (χ3n) is 4.43. The SMILES string of the molecule is CCCCOc1ccc(-c2nnc3n2NC(c2ccc(OC)cc2)=CS3)cc1. The van der Waals surface area contributed by atoms with Gasteiger partial charge in [-0.1, -0.05) is 25.1 Å².